The Morgan fingerprint density at radius 3 is 2.33 bits per heavy atom. The Hall–Kier alpha value is -3.96. The maximum absolute atomic E-state index is 13.4. The van der Waals surface area contributed by atoms with Crippen LogP contribution in [0.4, 0.5) is 17.6 Å². The van der Waals surface area contributed by atoms with Gasteiger partial charge in [-0.15, -0.1) is 5.10 Å². The van der Waals surface area contributed by atoms with Gasteiger partial charge in [-0.2, -0.15) is 13.2 Å². The van der Waals surface area contributed by atoms with E-state index in [1.165, 1.54) is 43.3 Å². The first kappa shape index (κ1) is 23.7. The average molecular weight is 466 g/mol. The number of hydrogen-bond acceptors (Lipinski definition) is 5. The molecule has 0 saturated carbocycles. The third kappa shape index (κ3) is 5.84. The van der Waals surface area contributed by atoms with E-state index in [2.05, 4.69) is 15.6 Å². The fraction of sp³-hybridized carbons (Fsp3) is 0.238. The fourth-order valence-corrected chi connectivity index (χ4v) is 2.93. The number of alkyl halides is 3. The summed E-state index contributed by atoms with van der Waals surface area (Å²) in [6.45, 7) is 1.15. The number of carbonyl (C=O) groups is 2. The molecule has 0 bridgehead atoms. The van der Waals surface area contributed by atoms with E-state index in [-0.39, 0.29) is 24.5 Å². The van der Waals surface area contributed by atoms with Gasteiger partial charge in [0.2, 0.25) is 0 Å². The van der Waals surface area contributed by atoms with Crippen LogP contribution in [0, 0.1) is 5.82 Å². The zero-order valence-corrected chi connectivity index (χ0v) is 17.1. The molecule has 0 aliphatic carbocycles. The highest BCUT2D eigenvalue weighted by molar-refractivity contribution is 5.94. The number of hydrogen-bond donors (Lipinski definition) is 2. The fourth-order valence-electron chi connectivity index (χ4n) is 2.93. The van der Waals surface area contributed by atoms with Gasteiger partial charge in [0.25, 0.3) is 5.91 Å². The van der Waals surface area contributed by atoms with Crippen molar-refractivity contribution in [2.75, 3.05) is 6.61 Å². The molecule has 1 amide bonds. The van der Waals surface area contributed by atoms with Crippen molar-refractivity contribution in [3.8, 4) is 5.75 Å². The van der Waals surface area contributed by atoms with E-state index >= 15 is 0 Å². The van der Waals surface area contributed by atoms with Crippen molar-refractivity contribution < 1.29 is 37.0 Å². The highest BCUT2D eigenvalue weighted by Gasteiger charge is 2.41. The number of carboxylic acids is 1. The number of nitrogens with zero attached hydrogens (tertiary/aromatic N) is 3. The van der Waals surface area contributed by atoms with Gasteiger partial charge in [0, 0.05) is 0 Å². The molecule has 2 N–H and O–H groups in total. The van der Waals surface area contributed by atoms with Gasteiger partial charge in [0.1, 0.15) is 18.2 Å². The Morgan fingerprint density at radius 1 is 1.12 bits per heavy atom. The zero-order valence-electron chi connectivity index (χ0n) is 17.1. The van der Waals surface area contributed by atoms with Gasteiger partial charge >= 0.3 is 12.1 Å². The van der Waals surface area contributed by atoms with E-state index in [1.54, 1.807) is 0 Å². The van der Waals surface area contributed by atoms with Crippen LogP contribution in [0.5, 0.6) is 5.75 Å². The minimum Gasteiger partial charge on any atom is -0.492 e. The van der Waals surface area contributed by atoms with Gasteiger partial charge in [-0.05, 0) is 48.9 Å². The molecule has 2 aromatic carbocycles. The number of ether oxygens (including phenoxy) is 1. The summed E-state index contributed by atoms with van der Waals surface area (Å²) in [5.41, 5.74) is -1.73. The largest absolute Gasteiger partial charge is 0.492 e. The third-order valence-corrected chi connectivity index (χ3v) is 4.61. The van der Waals surface area contributed by atoms with Crippen molar-refractivity contribution in [2.45, 2.75) is 25.7 Å². The molecule has 8 nitrogen and oxygen atoms in total. The van der Waals surface area contributed by atoms with Crippen LogP contribution in [-0.2, 0) is 12.7 Å². The summed E-state index contributed by atoms with van der Waals surface area (Å²) in [5, 5.41) is 18.0. The van der Waals surface area contributed by atoms with Crippen molar-refractivity contribution >= 4 is 11.9 Å². The van der Waals surface area contributed by atoms with Crippen LogP contribution in [0.1, 0.15) is 45.1 Å². The number of carbonyl (C=O) groups excluding carboxylic acids is 1. The molecule has 0 aliphatic heterocycles. The van der Waals surface area contributed by atoms with Crippen LogP contribution in [0.15, 0.2) is 48.5 Å². The lowest BCUT2D eigenvalue weighted by atomic mass is 10.1. The minimum atomic E-state index is -4.92. The van der Waals surface area contributed by atoms with Crippen molar-refractivity contribution in [1.82, 2.24) is 20.3 Å². The SMILES string of the molecule is C[C@H](NC(=O)c1c(C(F)(F)F)nnn1CCOc1ccc(F)cc1)c1ccc(C(=O)O)cc1. The van der Waals surface area contributed by atoms with Crippen LogP contribution in [-0.4, -0.2) is 38.6 Å². The van der Waals surface area contributed by atoms with E-state index in [0.717, 1.165) is 16.8 Å². The molecule has 174 valence electrons. The molecule has 12 heteroatoms. The van der Waals surface area contributed by atoms with Crippen molar-refractivity contribution in [2.24, 2.45) is 0 Å². The number of aromatic carboxylic acids is 1. The first-order chi connectivity index (χ1) is 15.6. The van der Waals surface area contributed by atoms with E-state index in [9.17, 15) is 27.2 Å². The zero-order chi connectivity index (χ0) is 24.2. The van der Waals surface area contributed by atoms with E-state index in [4.69, 9.17) is 9.84 Å². The Bertz CT molecular complexity index is 1130. The smallest absolute Gasteiger partial charge is 0.437 e. The van der Waals surface area contributed by atoms with E-state index in [1.807, 2.05) is 0 Å². The normalized spacial score (nSPS) is 12.3. The van der Waals surface area contributed by atoms with Gasteiger partial charge in [-0.3, -0.25) is 4.79 Å². The summed E-state index contributed by atoms with van der Waals surface area (Å²) in [6, 6.07) is 9.83. The monoisotopic (exact) mass is 466 g/mol. The molecule has 0 fully saturated rings. The highest BCUT2D eigenvalue weighted by Crippen LogP contribution is 2.30. The second-order valence-corrected chi connectivity index (χ2v) is 6.93. The maximum atomic E-state index is 13.4. The number of benzene rings is 2. The lowest BCUT2D eigenvalue weighted by Crippen LogP contribution is -2.31. The molecule has 0 aliphatic rings. The summed E-state index contributed by atoms with van der Waals surface area (Å²) in [6.07, 6.45) is -4.92. The molecule has 0 saturated heterocycles. The number of amides is 1. The van der Waals surface area contributed by atoms with E-state index < -0.39 is 41.3 Å². The third-order valence-electron chi connectivity index (χ3n) is 4.61. The second-order valence-electron chi connectivity index (χ2n) is 6.93. The van der Waals surface area contributed by atoms with Gasteiger partial charge in [0.15, 0.2) is 11.4 Å². The first-order valence-electron chi connectivity index (χ1n) is 9.59. The Morgan fingerprint density at radius 2 is 1.76 bits per heavy atom. The van der Waals surface area contributed by atoms with Crippen LogP contribution >= 0.6 is 0 Å². The number of nitrogens with one attached hydrogen (secondary N) is 1. The predicted octanol–water partition coefficient (Wildman–Crippen LogP) is 3.70. The van der Waals surface area contributed by atoms with Crippen LogP contribution in [0.25, 0.3) is 0 Å². The lowest BCUT2D eigenvalue weighted by Gasteiger charge is -2.16. The van der Waals surface area contributed by atoms with Gasteiger partial charge in [-0.25, -0.2) is 13.9 Å². The molecule has 0 radical (unpaired) electrons. The molecule has 1 heterocycles. The Balaban J connectivity index is 1.76. The molecule has 0 spiro atoms. The molecule has 3 aromatic rings. The van der Waals surface area contributed by atoms with Gasteiger partial charge in [-0.1, -0.05) is 17.3 Å². The highest BCUT2D eigenvalue weighted by atomic mass is 19.4. The van der Waals surface area contributed by atoms with Crippen LogP contribution in [0.2, 0.25) is 0 Å². The topological polar surface area (TPSA) is 106 Å². The number of aromatic nitrogens is 3. The molecular formula is C21H18F4N4O4. The summed E-state index contributed by atoms with van der Waals surface area (Å²) >= 11 is 0. The molecule has 0 unspecified atom stereocenters. The number of halogens is 4. The maximum Gasteiger partial charge on any atom is 0.437 e. The quantitative estimate of drug-likeness (QED) is 0.491. The van der Waals surface area contributed by atoms with Gasteiger partial charge < -0.3 is 15.2 Å². The average Bonchev–Trinajstić information content (AvgIpc) is 3.20. The van der Waals surface area contributed by atoms with Crippen molar-refractivity contribution in [3.63, 3.8) is 0 Å². The number of rotatable bonds is 8. The van der Waals surface area contributed by atoms with Crippen molar-refractivity contribution in [3.05, 3.63) is 76.9 Å². The lowest BCUT2D eigenvalue weighted by molar-refractivity contribution is -0.141. The Labute approximate surface area is 184 Å². The summed E-state index contributed by atoms with van der Waals surface area (Å²) in [7, 11) is 0. The number of carboxylic acid groups (broad SMARTS) is 1. The second kappa shape index (κ2) is 9.67. The molecule has 33 heavy (non-hydrogen) atoms. The van der Waals surface area contributed by atoms with Crippen LogP contribution < -0.4 is 10.1 Å². The summed E-state index contributed by atoms with van der Waals surface area (Å²) in [5.74, 6) is -2.38. The molecule has 1 atom stereocenters. The van der Waals surface area contributed by atoms with Crippen molar-refractivity contribution in [1.29, 1.82) is 0 Å². The van der Waals surface area contributed by atoms with Crippen LogP contribution in [0.3, 0.4) is 0 Å². The summed E-state index contributed by atoms with van der Waals surface area (Å²) in [4.78, 5) is 23.7. The summed E-state index contributed by atoms with van der Waals surface area (Å²) < 4.78 is 59.3. The molecular weight excluding hydrogens is 448 g/mol. The molecule has 1 aromatic heterocycles. The molecule has 3 rings (SSSR count). The minimum absolute atomic E-state index is 0.0278. The predicted molar refractivity (Wildman–Crippen MR) is 106 cm³/mol. The Kier molecular flexibility index (Phi) is 6.95. The van der Waals surface area contributed by atoms with E-state index in [0.29, 0.717) is 5.56 Å². The first-order valence-corrected chi connectivity index (χ1v) is 9.59. The standard InChI is InChI=1S/C21H18F4N4O4/c1-12(13-2-4-14(5-3-13)20(31)32)26-19(30)17-18(21(23,24)25)27-28-29(17)10-11-33-16-8-6-15(22)7-9-16/h2-9,12H,10-11H2,1H3,(H,26,30)(H,31,32)/t12-/m0/s1. The van der Waals surface area contributed by atoms with Gasteiger partial charge in [0.05, 0.1) is 18.2 Å².